The van der Waals surface area contributed by atoms with E-state index in [1.54, 1.807) is 31.2 Å². The number of rotatable bonds is 4. The summed E-state index contributed by atoms with van der Waals surface area (Å²) in [5, 5.41) is 11.0. The van der Waals surface area contributed by atoms with Gasteiger partial charge in [-0.1, -0.05) is 23.4 Å². The number of nitrogen functional groups attached to an aromatic ring is 1. The lowest BCUT2D eigenvalue weighted by Gasteiger charge is -2.11. The van der Waals surface area contributed by atoms with E-state index in [1.807, 2.05) is 0 Å². The Balaban J connectivity index is 1.96. The number of aromatic nitrogens is 3. The normalized spacial score (nSPS) is 12.1. The molecule has 0 saturated heterocycles. The fraction of sp³-hybridized carbons (Fsp3) is 0.182. The first-order valence-corrected chi connectivity index (χ1v) is 6.70. The summed E-state index contributed by atoms with van der Waals surface area (Å²) in [6.07, 6.45) is 1.38. The van der Waals surface area contributed by atoms with Crippen LogP contribution in [0.4, 0.5) is 5.69 Å². The smallest absolute Gasteiger partial charge is 0.237 e. The van der Waals surface area contributed by atoms with E-state index in [9.17, 15) is 4.79 Å². The van der Waals surface area contributed by atoms with Crippen molar-refractivity contribution < 1.29 is 4.79 Å². The molecule has 8 heteroatoms. The highest BCUT2D eigenvalue weighted by atomic mass is 35.5. The van der Waals surface area contributed by atoms with Crippen LogP contribution in [0.2, 0.25) is 5.02 Å². The van der Waals surface area contributed by atoms with Crippen molar-refractivity contribution in [2.45, 2.75) is 17.3 Å². The fourth-order valence-corrected chi connectivity index (χ4v) is 2.18. The molecule has 1 amide bonds. The largest absolute Gasteiger partial charge is 0.336 e. The van der Waals surface area contributed by atoms with Gasteiger partial charge in [0.05, 0.1) is 5.25 Å². The Kier molecular flexibility index (Phi) is 4.28. The van der Waals surface area contributed by atoms with Gasteiger partial charge in [0.15, 0.2) is 0 Å². The summed E-state index contributed by atoms with van der Waals surface area (Å²) < 4.78 is 1.27. The number of nitrogens with zero attached hydrogens (tertiary/aromatic N) is 3. The Hall–Kier alpha value is -1.73. The summed E-state index contributed by atoms with van der Waals surface area (Å²) in [7, 11) is 0. The van der Waals surface area contributed by atoms with Gasteiger partial charge in [-0.15, -0.1) is 10.2 Å². The van der Waals surface area contributed by atoms with Crippen molar-refractivity contribution in [2.24, 2.45) is 0 Å². The van der Waals surface area contributed by atoms with Crippen LogP contribution in [0, 0.1) is 0 Å². The van der Waals surface area contributed by atoms with Crippen molar-refractivity contribution >= 4 is 35.0 Å². The lowest BCUT2D eigenvalue weighted by Crippen LogP contribution is -2.23. The number of nitrogens with two attached hydrogens (primary N) is 1. The zero-order chi connectivity index (χ0) is 13.8. The monoisotopic (exact) mass is 297 g/mol. The second-order valence-corrected chi connectivity index (χ2v) is 5.52. The molecule has 2 rings (SSSR count). The van der Waals surface area contributed by atoms with Crippen LogP contribution in [0.3, 0.4) is 0 Å². The van der Waals surface area contributed by atoms with Gasteiger partial charge >= 0.3 is 0 Å². The molecule has 0 bridgehead atoms. The number of amides is 1. The van der Waals surface area contributed by atoms with E-state index in [2.05, 4.69) is 15.5 Å². The average Bonchev–Trinajstić information content (AvgIpc) is 2.78. The second kappa shape index (κ2) is 5.94. The average molecular weight is 298 g/mol. The van der Waals surface area contributed by atoms with E-state index in [1.165, 1.54) is 22.8 Å². The number of carbonyl (C=O) groups is 1. The SMILES string of the molecule is CC(Sc1nncn1N)C(=O)Nc1ccc(Cl)cc1. The third-order valence-electron chi connectivity index (χ3n) is 2.30. The molecule has 2 aromatic rings. The third-order valence-corrected chi connectivity index (χ3v) is 3.63. The highest BCUT2D eigenvalue weighted by Crippen LogP contribution is 2.21. The molecule has 1 unspecified atom stereocenters. The van der Waals surface area contributed by atoms with E-state index in [4.69, 9.17) is 17.4 Å². The molecule has 1 heterocycles. The zero-order valence-corrected chi connectivity index (χ0v) is 11.6. The number of anilines is 1. The summed E-state index contributed by atoms with van der Waals surface area (Å²) in [6, 6.07) is 6.91. The molecule has 0 spiro atoms. The van der Waals surface area contributed by atoms with Gasteiger partial charge < -0.3 is 11.2 Å². The number of thioether (sulfide) groups is 1. The van der Waals surface area contributed by atoms with Crippen LogP contribution in [0.5, 0.6) is 0 Å². The molecule has 6 nitrogen and oxygen atoms in total. The Labute approximate surface area is 119 Å². The van der Waals surface area contributed by atoms with Gasteiger partial charge in [0.25, 0.3) is 0 Å². The molecule has 100 valence electrons. The van der Waals surface area contributed by atoms with E-state index in [-0.39, 0.29) is 11.2 Å². The Morgan fingerprint density at radius 1 is 1.47 bits per heavy atom. The molecule has 1 atom stereocenters. The van der Waals surface area contributed by atoms with Gasteiger partial charge in [-0.3, -0.25) is 4.79 Å². The maximum atomic E-state index is 12.0. The highest BCUT2D eigenvalue weighted by Gasteiger charge is 2.17. The van der Waals surface area contributed by atoms with Crippen LogP contribution in [-0.4, -0.2) is 26.0 Å². The minimum atomic E-state index is -0.345. The first-order valence-electron chi connectivity index (χ1n) is 5.44. The predicted molar refractivity (Wildman–Crippen MR) is 75.6 cm³/mol. The van der Waals surface area contributed by atoms with E-state index < -0.39 is 0 Å². The van der Waals surface area contributed by atoms with E-state index in [0.29, 0.717) is 15.9 Å². The van der Waals surface area contributed by atoms with Crippen molar-refractivity contribution in [2.75, 3.05) is 11.2 Å². The van der Waals surface area contributed by atoms with Crippen LogP contribution in [0.25, 0.3) is 0 Å². The minimum Gasteiger partial charge on any atom is -0.336 e. The summed E-state index contributed by atoms with van der Waals surface area (Å²) in [5.41, 5.74) is 0.691. The van der Waals surface area contributed by atoms with Gasteiger partial charge in [-0.25, -0.2) is 4.68 Å². The molecule has 0 aliphatic rings. The van der Waals surface area contributed by atoms with Gasteiger partial charge in [0.1, 0.15) is 6.33 Å². The van der Waals surface area contributed by atoms with Crippen molar-refractivity contribution in [1.82, 2.24) is 14.9 Å². The Morgan fingerprint density at radius 2 is 2.16 bits per heavy atom. The minimum absolute atomic E-state index is 0.143. The molecule has 0 aliphatic heterocycles. The number of nitrogens with one attached hydrogen (secondary N) is 1. The van der Waals surface area contributed by atoms with Crippen LogP contribution < -0.4 is 11.2 Å². The van der Waals surface area contributed by atoms with Crippen LogP contribution in [0.15, 0.2) is 35.7 Å². The second-order valence-electron chi connectivity index (χ2n) is 3.78. The molecule has 1 aromatic heterocycles. The first kappa shape index (κ1) is 13.7. The number of carbonyl (C=O) groups excluding carboxylic acids is 1. The summed E-state index contributed by atoms with van der Waals surface area (Å²) in [4.78, 5) is 12.0. The molecule has 0 saturated carbocycles. The van der Waals surface area contributed by atoms with Gasteiger partial charge in [-0.05, 0) is 31.2 Å². The number of benzene rings is 1. The summed E-state index contributed by atoms with van der Waals surface area (Å²) >= 11 is 7.01. The molecule has 19 heavy (non-hydrogen) atoms. The topological polar surface area (TPSA) is 85.8 Å². The van der Waals surface area contributed by atoms with Crippen molar-refractivity contribution in [1.29, 1.82) is 0 Å². The van der Waals surface area contributed by atoms with Crippen molar-refractivity contribution in [3.8, 4) is 0 Å². The fourth-order valence-electron chi connectivity index (χ4n) is 1.31. The molecule has 3 N–H and O–H groups in total. The molecule has 0 aliphatic carbocycles. The van der Waals surface area contributed by atoms with E-state index in [0.717, 1.165) is 0 Å². The van der Waals surface area contributed by atoms with Crippen molar-refractivity contribution in [3.63, 3.8) is 0 Å². The van der Waals surface area contributed by atoms with Crippen LogP contribution in [-0.2, 0) is 4.79 Å². The number of hydrogen-bond acceptors (Lipinski definition) is 5. The molecular formula is C11H12ClN5OS. The lowest BCUT2D eigenvalue weighted by atomic mass is 10.3. The highest BCUT2D eigenvalue weighted by molar-refractivity contribution is 8.00. The van der Waals surface area contributed by atoms with Crippen LogP contribution >= 0.6 is 23.4 Å². The van der Waals surface area contributed by atoms with E-state index >= 15 is 0 Å². The quantitative estimate of drug-likeness (QED) is 0.663. The summed E-state index contributed by atoms with van der Waals surface area (Å²) in [6.45, 7) is 1.77. The van der Waals surface area contributed by atoms with Gasteiger partial charge in [0.2, 0.25) is 11.1 Å². The first-order chi connectivity index (χ1) is 9.06. The molecule has 0 fully saturated rings. The Bertz CT molecular complexity index is 571. The molecule has 0 radical (unpaired) electrons. The Morgan fingerprint density at radius 3 is 2.74 bits per heavy atom. The number of hydrogen-bond donors (Lipinski definition) is 2. The summed E-state index contributed by atoms with van der Waals surface area (Å²) in [5.74, 6) is 5.44. The molecule has 1 aromatic carbocycles. The van der Waals surface area contributed by atoms with Gasteiger partial charge in [0, 0.05) is 10.7 Å². The zero-order valence-electron chi connectivity index (χ0n) is 10.1. The standard InChI is InChI=1S/C11H12ClN5OS/c1-7(19-11-16-14-6-17(11)13)10(18)15-9-4-2-8(12)3-5-9/h2-7H,13H2,1H3,(H,15,18). The maximum absolute atomic E-state index is 12.0. The lowest BCUT2D eigenvalue weighted by molar-refractivity contribution is -0.115. The maximum Gasteiger partial charge on any atom is 0.237 e. The van der Waals surface area contributed by atoms with Gasteiger partial charge in [-0.2, -0.15) is 0 Å². The third kappa shape index (κ3) is 3.62. The van der Waals surface area contributed by atoms with Crippen molar-refractivity contribution in [3.05, 3.63) is 35.6 Å². The predicted octanol–water partition coefficient (Wildman–Crippen LogP) is 1.76. The van der Waals surface area contributed by atoms with Crippen LogP contribution in [0.1, 0.15) is 6.92 Å². The molecular weight excluding hydrogens is 286 g/mol. The number of halogens is 1.